The summed E-state index contributed by atoms with van der Waals surface area (Å²) in [5.41, 5.74) is 0. The van der Waals surface area contributed by atoms with Gasteiger partial charge in [-0.05, 0) is 70.6 Å². The van der Waals surface area contributed by atoms with Crippen LogP contribution in [-0.2, 0) is 38.3 Å². The van der Waals surface area contributed by atoms with Crippen molar-refractivity contribution in [2.75, 3.05) is 26.3 Å². The molecule has 0 heterocycles. The van der Waals surface area contributed by atoms with Crippen LogP contribution in [0.25, 0.3) is 0 Å². The lowest BCUT2D eigenvalue weighted by Gasteiger charge is -2.28. The third kappa shape index (κ3) is 17.4. The molecule has 1 fully saturated rings. The van der Waals surface area contributed by atoms with Crippen LogP contribution in [0.5, 0.6) is 0 Å². The summed E-state index contributed by atoms with van der Waals surface area (Å²) in [5, 5.41) is 37.7. The molecule has 0 bridgehead atoms. The molecule has 1 aliphatic carbocycles. The fraction of sp³-hybridized carbons (Fsp3) is 0.759. The molecule has 0 saturated heterocycles. The van der Waals surface area contributed by atoms with E-state index >= 15 is 0 Å². The Balaban J connectivity index is 2.48. The second kappa shape index (κ2) is 21.9. The summed E-state index contributed by atoms with van der Waals surface area (Å²) in [6, 6.07) is -2.43. The van der Waals surface area contributed by atoms with E-state index in [2.05, 4.69) is 21.3 Å². The van der Waals surface area contributed by atoms with Crippen molar-refractivity contribution in [3.05, 3.63) is 0 Å². The van der Waals surface area contributed by atoms with E-state index in [-0.39, 0.29) is 56.9 Å². The maximum Gasteiger partial charge on any atom is 0.326 e. The van der Waals surface area contributed by atoms with E-state index in [9.17, 15) is 38.7 Å². The minimum absolute atomic E-state index is 0.0269. The first-order chi connectivity index (χ1) is 20.9. The van der Waals surface area contributed by atoms with Crippen LogP contribution in [0, 0.1) is 11.8 Å². The van der Waals surface area contributed by atoms with E-state index in [0.717, 1.165) is 0 Å². The number of hydrogen-bond donors (Lipinski definition) is 7. The van der Waals surface area contributed by atoms with Gasteiger partial charge in [0.15, 0.2) is 0 Å². The minimum atomic E-state index is -1.32. The van der Waals surface area contributed by atoms with Gasteiger partial charge < -0.3 is 41.3 Å². The Labute approximate surface area is 257 Å². The van der Waals surface area contributed by atoms with Gasteiger partial charge >= 0.3 is 17.9 Å². The van der Waals surface area contributed by atoms with Crippen molar-refractivity contribution in [3.8, 4) is 0 Å². The molecule has 0 aliphatic heterocycles. The molecule has 2 unspecified atom stereocenters. The summed E-state index contributed by atoms with van der Waals surface area (Å²) in [4.78, 5) is 83.2. The SMILES string of the molecule is CCOCCCNC(=O)C(CCC(=O)O)NC(=O)CCC(NC(=O)C1CCC(CNC(=O)CCCCC(=O)O)CC1)C(=O)O. The Bertz CT molecular complexity index is 967. The quantitative estimate of drug-likeness (QED) is 0.0781. The van der Waals surface area contributed by atoms with Gasteiger partial charge in [0.25, 0.3) is 0 Å². The standard InChI is InChI=1S/C29H48N4O11/c1-2-44-17-5-16-30-28(41)21(13-15-26(38)39)32-24(35)14-12-22(29(42)43)33-27(40)20-10-8-19(9-11-20)18-31-23(34)6-3-4-7-25(36)37/h19-22H,2-18H2,1H3,(H,30,41)(H,31,34)(H,32,35)(H,33,40)(H,36,37)(H,38,39)(H,42,43). The van der Waals surface area contributed by atoms with Crippen LogP contribution in [0.2, 0.25) is 0 Å². The molecule has 2 atom stereocenters. The van der Waals surface area contributed by atoms with Crippen molar-refractivity contribution in [2.24, 2.45) is 11.8 Å². The van der Waals surface area contributed by atoms with Gasteiger partial charge in [-0.1, -0.05) is 0 Å². The lowest BCUT2D eigenvalue weighted by atomic mass is 9.81. The smallest absolute Gasteiger partial charge is 0.326 e. The Kier molecular flexibility index (Phi) is 19.0. The first kappa shape index (κ1) is 38.3. The van der Waals surface area contributed by atoms with E-state index in [1.54, 1.807) is 0 Å². The molecule has 4 amide bonds. The summed E-state index contributed by atoms with van der Waals surface area (Å²) >= 11 is 0. The zero-order chi connectivity index (χ0) is 32.9. The number of hydrogen-bond acceptors (Lipinski definition) is 8. The van der Waals surface area contributed by atoms with E-state index in [1.165, 1.54) is 0 Å². The van der Waals surface area contributed by atoms with Gasteiger partial charge in [-0.25, -0.2) is 4.79 Å². The van der Waals surface area contributed by atoms with Crippen LogP contribution >= 0.6 is 0 Å². The Hall–Kier alpha value is -3.75. The normalized spacial score (nSPS) is 17.5. The summed E-state index contributed by atoms with van der Waals surface area (Å²) in [6.07, 6.45) is 3.10. The molecule has 0 radical (unpaired) electrons. The highest BCUT2D eigenvalue weighted by Crippen LogP contribution is 2.28. The average Bonchev–Trinajstić information content (AvgIpc) is 2.98. The summed E-state index contributed by atoms with van der Waals surface area (Å²) in [7, 11) is 0. The fourth-order valence-corrected chi connectivity index (χ4v) is 4.82. The van der Waals surface area contributed by atoms with Crippen LogP contribution < -0.4 is 21.3 Å². The number of carbonyl (C=O) groups is 7. The molecule has 0 aromatic heterocycles. The lowest BCUT2D eigenvalue weighted by Crippen LogP contribution is -2.48. The molecule has 1 aliphatic rings. The number of carbonyl (C=O) groups excluding carboxylic acids is 4. The van der Waals surface area contributed by atoms with Crippen LogP contribution in [0.15, 0.2) is 0 Å². The zero-order valence-electron chi connectivity index (χ0n) is 25.4. The van der Waals surface area contributed by atoms with Crippen LogP contribution in [0.4, 0.5) is 0 Å². The Morgan fingerprint density at radius 3 is 1.98 bits per heavy atom. The van der Waals surface area contributed by atoms with Gasteiger partial charge in [0.1, 0.15) is 12.1 Å². The lowest BCUT2D eigenvalue weighted by molar-refractivity contribution is -0.143. The summed E-state index contributed by atoms with van der Waals surface area (Å²) in [5.74, 6) is -5.32. The Morgan fingerprint density at radius 2 is 1.36 bits per heavy atom. The number of carboxylic acids is 3. The van der Waals surface area contributed by atoms with E-state index < -0.39 is 53.6 Å². The second-order valence-electron chi connectivity index (χ2n) is 11.0. The molecule has 1 rings (SSSR count). The summed E-state index contributed by atoms with van der Waals surface area (Å²) in [6.45, 7) is 3.54. The summed E-state index contributed by atoms with van der Waals surface area (Å²) < 4.78 is 5.20. The average molecular weight is 629 g/mol. The molecule has 44 heavy (non-hydrogen) atoms. The topological polar surface area (TPSA) is 238 Å². The van der Waals surface area contributed by atoms with E-state index in [1.807, 2.05) is 6.92 Å². The monoisotopic (exact) mass is 628 g/mol. The van der Waals surface area contributed by atoms with Crippen molar-refractivity contribution in [1.82, 2.24) is 21.3 Å². The molecule has 15 nitrogen and oxygen atoms in total. The molecule has 7 N–H and O–H groups in total. The van der Waals surface area contributed by atoms with Crippen LogP contribution in [0.1, 0.15) is 90.4 Å². The number of nitrogens with one attached hydrogen (secondary N) is 4. The number of amides is 4. The fourth-order valence-electron chi connectivity index (χ4n) is 4.82. The predicted molar refractivity (Wildman–Crippen MR) is 156 cm³/mol. The maximum absolute atomic E-state index is 12.8. The van der Waals surface area contributed by atoms with Crippen molar-refractivity contribution in [2.45, 2.75) is 102 Å². The molecular formula is C29H48N4O11. The van der Waals surface area contributed by atoms with Gasteiger partial charge in [0.05, 0.1) is 0 Å². The number of carboxylic acid groups (broad SMARTS) is 3. The van der Waals surface area contributed by atoms with Crippen molar-refractivity contribution in [1.29, 1.82) is 0 Å². The highest BCUT2D eigenvalue weighted by Gasteiger charge is 2.30. The number of ether oxygens (including phenoxy) is 1. The van der Waals surface area contributed by atoms with Gasteiger partial charge in [-0.15, -0.1) is 0 Å². The van der Waals surface area contributed by atoms with Gasteiger partial charge in [0.2, 0.25) is 23.6 Å². The van der Waals surface area contributed by atoms with Gasteiger partial charge in [0, 0.05) is 57.9 Å². The van der Waals surface area contributed by atoms with E-state index in [0.29, 0.717) is 64.7 Å². The number of aliphatic carboxylic acids is 3. The van der Waals surface area contributed by atoms with E-state index in [4.69, 9.17) is 14.9 Å². The van der Waals surface area contributed by atoms with Crippen molar-refractivity contribution in [3.63, 3.8) is 0 Å². The predicted octanol–water partition coefficient (Wildman–Crippen LogP) is 0.796. The van der Waals surface area contributed by atoms with Crippen LogP contribution in [0.3, 0.4) is 0 Å². The number of rotatable bonds is 23. The molecule has 0 spiro atoms. The van der Waals surface area contributed by atoms with Gasteiger partial charge in [-0.3, -0.25) is 28.8 Å². The number of unbranched alkanes of at least 4 members (excludes halogenated alkanes) is 1. The first-order valence-electron chi connectivity index (χ1n) is 15.3. The first-order valence-corrected chi connectivity index (χ1v) is 15.3. The highest BCUT2D eigenvalue weighted by molar-refractivity contribution is 5.89. The van der Waals surface area contributed by atoms with Crippen molar-refractivity contribution < 1.29 is 53.6 Å². The minimum Gasteiger partial charge on any atom is -0.481 e. The molecule has 1 saturated carbocycles. The second-order valence-corrected chi connectivity index (χ2v) is 11.0. The third-order valence-corrected chi connectivity index (χ3v) is 7.39. The molecule has 250 valence electrons. The molecule has 0 aromatic rings. The third-order valence-electron chi connectivity index (χ3n) is 7.39. The van der Waals surface area contributed by atoms with Crippen LogP contribution in [-0.4, -0.2) is 95.2 Å². The zero-order valence-corrected chi connectivity index (χ0v) is 25.4. The molecule has 15 heteroatoms. The van der Waals surface area contributed by atoms with Crippen molar-refractivity contribution >= 4 is 41.5 Å². The Morgan fingerprint density at radius 1 is 0.727 bits per heavy atom. The largest absolute Gasteiger partial charge is 0.481 e. The molecular weight excluding hydrogens is 580 g/mol. The molecule has 0 aromatic carbocycles. The highest BCUT2D eigenvalue weighted by atomic mass is 16.5. The van der Waals surface area contributed by atoms with Gasteiger partial charge in [-0.2, -0.15) is 0 Å². The maximum atomic E-state index is 12.8.